The van der Waals surface area contributed by atoms with E-state index < -0.39 is 22.8 Å². The molecule has 3 aromatic rings. The lowest BCUT2D eigenvalue weighted by atomic mass is 10.1. The van der Waals surface area contributed by atoms with Crippen molar-refractivity contribution in [1.82, 2.24) is 10.7 Å². The number of nitrogens with one attached hydrogen (secondary N) is 2. The van der Waals surface area contributed by atoms with Crippen LogP contribution in [0.2, 0.25) is 0 Å². The third-order valence-corrected chi connectivity index (χ3v) is 4.81. The van der Waals surface area contributed by atoms with Gasteiger partial charge in [-0.05, 0) is 62.2 Å². The van der Waals surface area contributed by atoms with Gasteiger partial charge in [-0.25, -0.2) is 5.43 Å². The van der Waals surface area contributed by atoms with Gasteiger partial charge in [-0.2, -0.15) is 5.10 Å². The molecule has 0 bridgehead atoms. The summed E-state index contributed by atoms with van der Waals surface area (Å²) in [5.74, 6) is 0.490. The molecule has 2 aromatic carbocycles. The van der Waals surface area contributed by atoms with E-state index in [1.54, 1.807) is 37.3 Å². The molecule has 176 valence electrons. The SMILES string of the molecule is Cc1cccc(OCC(=O)N[C@H](C)C(=O)N/N=C\c2ccc(-c3ccc([N+](=O)[O-])cc3C)o2)c1. The number of benzene rings is 2. The molecule has 2 amide bonds. The summed E-state index contributed by atoms with van der Waals surface area (Å²) in [6, 6.07) is 14.3. The van der Waals surface area contributed by atoms with Gasteiger partial charge in [-0.3, -0.25) is 19.7 Å². The van der Waals surface area contributed by atoms with Crippen LogP contribution in [-0.2, 0) is 9.59 Å². The number of nitrogens with zero attached hydrogens (tertiary/aromatic N) is 2. The van der Waals surface area contributed by atoms with Crippen LogP contribution in [0.3, 0.4) is 0 Å². The van der Waals surface area contributed by atoms with E-state index in [4.69, 9.17) is 9.15 Å². The van der Waals surface area contributed by atoms with Gasteiger partial charge in [0.05, 0.1) is 11.1 Å². The lowest BCUT2D eigenvalue weighted by molar-refractivity contribution is -0.384. The van der Waals surface area contributed by atoms with Gasteiger partial charge >= 0.3 is 0 Å². The zero-order chi connectivity index (χ0) is 24.7. The number of carbonyl (C=O) groups excluding carboxylic acids is 2. The maximum absolute atomic E-state index is 12.2. The quantitative estimate of drug-likeness (QED) is 0.283. The Kier molecular flexibility index (Phi) is 7.75. The van der Waals surface area contributed by atoms with Gasteiger partial charge in [0.2, 0.25) is 0 Å². The highest BCUT2D eigenvalue weighted by molar-refractivity contribution is 5.88. The molecular formula is C24H24N4O6. The standard InChI is InChI=1S/C24H24N4O6/c1-15-5-4-6-19(11-15)33-14-23(29)26-17(3)24(30)27-25-13-20-8-10-22(34-20)21-9-7-18(28(31)32)12-16(21)2/h4-13,17H,14H2,1-3H3,(H,26,29)(H,27,30)/b25-13-/t17-/m1/s1. The average molecular weight is 464 g/mol. The number of nitro groups is 1. The first-order valence-electron chi connectivity index (χ1n) is 10.4. The van der Waals surface area contributed by atoms with Gasteiger partial charge in [0.25, 0.3) is 17.5 Å². The molecule has 34 heavy (non-hydrogen) atoms. The normalized spacial score (nSPS) is 11.7. The van der Waals surface area contributed by atoms with Gasteiger partial charge < -0.3 is 14.5 Å². The largest absolute Gasteiger partial charge is 0.484 e. The van der Waals surface area contributed by atoms with E-state index in [2.05, 4.69) is 15.8 Å². The highest BCUT2D eigenvalue weighted by Gasteiger charge is 2.16. The molecule has 0 unspecified atom stereocenters. The van der Waals surface area contributed by atoms with Gasteiger partial charge in [-0.1, -0.05) is 12.1 Å². The smallest absolute Gasteiger partial charge is 0.269 e. The topological polar surface area (TPSA) is 136 Å². The van der Waals surface area contributed by atoms with Crippen LogP contribution in [0.15, 0.2) is 64.1 Å². The molecule has 2 N–H and O–H groups in total. The first-order valence-corrected chi connectivity index (χ1v) is 10.4. The number of ether oxygens (including phenoxy) is 1. The Bertz CT molecular complexity index is 1230. The summed E-state index contributed by atoms with van der Waals surface area (Å²) >= 11 is 0. The van der Waals surface area contributed by atoms with Crippen molar-refractivity contribution >= 4 is 23.7 Å². The van der Waals surface area contributed by atoms with Gasteiger partial charge in [0.15, 0.2) is 6.61 Å². The molecule has 10 nitrogen and oxygen atoms in total. The number of hydrazone groups is 1. The minimum absolute atomic E-state index is 0.000223. The molecular weight excluding hydrogens is 440 g/mol. The summed E-state index contributed by atoms with van der Waals surface area (Å²) in [6.45, 7) is 4.97. The second-order valence-electron chi connectivity index (χ2n) is 7.59. The highest BCUT2D eigenvalue weighted by Crippen LogP contribution is 2.28. The lowest BCUT2D eigenvalue weighted by Gasteiger charge is -2.12. The fraction of sp³-hybridized carbons (Fsp3) is 0.208. The van der Waals surface area contributed by atoms with Crippen molar-refractivity contribution in [3.05, 3.63) is 81.6 Å². The Morgan fingerprint density at radius 1 is 1.18 bits per heavy atom. The van der Waals surface area contributed by atoms with Crippen LogP contribution in [0.1, 0.15) is 23.8 Å². The molecule has 3 rings (SSSR count). The van der Waals surface area contributed by atoms with E-state index in [9.17, 15) is 19.7 Å². The Balaban J connectivity index is 1.49. The van der Waals surface area contributed by atoms with E-state index >= 15 is 0 Å². The number of non-ortho nitro benzene ring substituents is 1. The third-order valence-electron chi connectivity index (χ3n) is 4.81. The van der Waals surface area contributed by atoms with E-state index in [1.165, 1.54) is 25.3 Å². The molecule has 0 spiro atoms. The van der Waals surface area contributed by atoms with Crippen molar-refractivity contribution in [2.45, 2.75) is 26.8 Å². The summed E-state index contributed by atoms with van der Waals surface area (Å²) in [5.41, 5.74) is 4.75. The van der Waals surface area contributed by atoms with Crippen LogP contribution in [-0.4, -0.2) is 35.6 Å². The summed E-state index contributed by atoms with van der Waals surface area (Å²) in [4.78, 5) is 34.6. The van der Waals surface area contributed by atoms with Crippen LogP contribution in [0, 0.1) is 24.0 Å². The Labute approximate surface area is 195 Å². The molecule has 0 radical (unpaired) electrons. The predicted molar refractivity (Wildman–Crippen MR) is 126 cm³/mol. The number of rotatable bonds is 9. The summed E-state index contributed by atoms with van der Waals surface area (Å²) in [5, 5.41) is 17.3. The van der Waals surface area contributed by atoms with E-state index in [0.717, 1.165) is 5.56 Å². The zero-order valence-corrected chi connectivity index (χ0v) is 18.9. The molecule has 1 aromatic heterocycles. The monoisotopic (exact) mass is 464 g/mol. The van der Waals surface area contributed by atoms with Crippen molar-refractivity contribution in [3.63, 3.8) is 0 Å². The molecule has 0 aliphatic heterocycles. The number of hydrogen-bond acceptors (Lipinski definition) is 7. The van der Waals surface area contributed by atoms with Gasteiger partial charge in [-0.15, -0.1) is 0 Å². The number of amides is 2. The molecule has 0 aliphatic rings. The fourth-order valence-corrected chi connectivity index (χ4v) is 3.06. The van der Waals surface area contributed by atoms with Crippen LogP contribution >= 0.6 is 0 Å². The third kappa shape index (κ3) is 6.52. The van der Waals surface area contributed by atoms with E-state index in [1.807, 2.05) is 19.1 Å². The molecule has 10 heteroatoms. The summed E-state index contributed by atoms with van der Waals surface area (Å²) in [6.07, 6.45) is 1.32. The Morgan fingerprint density at radius 2 is 1.97 bits per heavy atom. The maximum Gasteiger partial charge on any atom is 0.269 e. The number of carbonyl (C=O) groups is 2. The average Bonchev–Trinajstić information content (AvgIpc) is 3.26. The van der Waals surface area contributed by atoms with Crippen molar-refractivity contribution in [3.8, 4) is 17.1 Å². The fourth-order valence-electron chi connectivity index (χ4n) is 3.06. The number of furan rings is 1. The van der Waals surface area contributed by atoms with Gasteiger partial charge in [0, 0.05) is 17.7 Å². The summed E-state index contributed by atoms with van der Waals surface area (Å²) in [7, 11) is 0. The Hall–Kier alpha value is -4.47. The van der Waals surface area contributed by atoms with Crippen LogP contribution in [0.5, 0.6) is 5.75 Å². The van der Waals surface area contributed by atoms with Crippen LogP contribution in [0.25, 0.3) is 11.3 Å². The molecule has 1 heterocycles. The van der Waals surface area contributed by atoms with E-state index in [-0.39, 0.29) is 12.3 Å². The summed E-state index contributed by atoms with van der Waals surface area (Å²) < 4.78 is 11.1. The maximum atomic E-state index is 12.2. The molecule has 1 atom stereocenters. The van der Waals surface area contributed by atoms with Crippen LogP contribution in [0.4, 0.5) is 5.69 Å². The van der Waals surface area contributed by atoms with Crippen molar-refractivity contribution < 1.29 is 23.7 Å². The number of aryl methyl sites for hydroxylation is 2. The molecule has 0 saturated heterocycles. The minimum Gasteiger partial charge on any atom is -0.484 e. The number of nitro benzene ring substituents is 1. The van der Waals surface area contributed by atoms with Crippen molar-refractivity contribution in [2.24, 2.45) is 5.10 Å². The second kappa shape index (κ2) is 10.9. The van der Waals surface area contributed by atoms with Crippen LogP contribution < -0.4 is 15.5 Å². The van der Waals surface area contributed by atoms with Crippen molar-refractivity contribution in [1.29, 1.82) is 0 Å². The first-order chi connectivity index (χ1) is 16.2. The second-order valence-corrected chi connectivity index (χ2v) is 7.59. The minimum atomic E-state index is -0.833. The predicted octanol–water partition coefficient (Wildman–Crippen LogP) is 3.51. The molecule has 0 saturated carbocycles. The Morgan fingerprint density at radius 3 is 2.68 bits per heavy atom. The number of hydrogen-bond donors (Lipinski definition) is 2. The zero-order valence-electron chi connectivity index (χ0n) is 18.9. The molecule has 0 fully saturated rings. The molecule has 0 aliphatic carbocycles. The lowest BCUT2D eigenvalue weighted by Crippen LogP contribution is -2.45. The van der Waals surface area contributed by atoms with Gasteiger partial charge in [0.1, 0.15) is 23.3 Å². The first kappa shape index (κ1) is 24.2. The highest BCUT2D eigenvalue weighted by atomic mass is 16.6. The van der Waals surface area contributed by atoms with E-state index in [0.29, 0.717) is 28.4 Å². The van der Waals surface area contributed by atoms with Crippen molar-refractivity contribution in [2.75, 3.05) is 6.61 Å².